The van der Waals surface area contributed by atoms with Crippen LogP contribution in [-0.4, -0.2) is 69.6 Å². The summed E-state index contributed by atoms with van der Waals surface area (Å²) in [7, 11) is 0. The van der Waals surface area contributed by atoms with Crippen LogP contribution in [0.5, 0.6) is 0 Å². The van der Waals surface area contributed by atoms with Gasteiger partial charge in [0.15, 0.2) is 0 Å². The van der Waals surface area contributed by atoms with E-state index < -0.39 is 18.0 Å². The maximum absolute atomic E-state index is 13.9. The number of nitrogens with zero attached hydrogens (tertiary/aromatic N) is 4. The molecule has 5 rings (SSSR count). The highest BCUT2D eigenvalue weighted by molar-refractivity contribution is 7.10. The normalized spacial score (nSPS) is 17.4. The summed E-state index contributed by atoms with van der Waals surface area (Å²) in [5, 5.41) is 12.2. The Bertz CT molecular complexity index is 1220. The number of piperazine rings is 1. The maximum atomic E-state index is 13.9. The summed E-state index contributed by atoms with van der Waals surface area (Å²) in [6.45, 7) is 2.91. The molecule has 1 atom stereocenters. The standard InChI is InChI=1S/C28H30N4O4S/c1-20-16-21(19-37-20)17-31(22-12-13-22)27(35)29-14-15-30(25(18-29)26(33)34)28(36)32(23-8-4-2-5-9-23)24-10-6-3-7-11-24/h2-11,16,19,22,25H,12-15,17-18H2,1H3,(H,33,34)/t25-/m0/s1. The van der Waals surface area contributed by atoms with Crippen LogP contribution in [0.4, 0.5) is 21.0 Å². The highest BCUT2D eigenvalue weighted by atomic mass is 32.1. The lowest BCUT2D eigenvalue weighted by molar-refractivity contribution is -0.143. The predicted molar refractivity (Wildman–Crippen MR) is 143 cm³/mol. The summed E-state index contributed by atoms with van der Waals surface area (Å²) in [5.41, 5.74) is 2.38. The molecule has 3 aromatic rings. The molecule has 1 saturated heterocycles. The van der Waals surface area contributed by atoms with Crippen molar-refractivity contribution in [2.75, 3.05) is 24.5 Å². The van der Waals surface area contributed by atoms with E-state index in [0.717, 1.165) is 18.4 Å². The molecular weight excluding hydrogens is 488 g/mol. The number of hydrogen-bond donors (Lipinski definition) is 1. The van der Waals surface area contributed by atoms with E-state index in [4.69, 9.17) is 0 Å². The fourth-order valence-corrected chi connectivity index (χ4v) is 5.45. The van der Waals surface area contributed by atoms with E-state index >= 15 is 0 Å². The minimum absolute atomic E-state index is 0.0524. The Morgan fingerprint density at radius 1 is 0.946 bits per heavy atom. The second kappa shape index (κ2) is 10.6. The van der Waals surface area contributed by atoms with Crippen LogP contribution < -0.4 is 4.90 Å². The molecule has 1 aliphatic carbocycles. The van der Waals surface area contributed by atoms with Gasteiger partial charge in [-0.25, -0.2) is 14.4 Å². The lowest BCUT2D eigenvalue weighted by atomic mass is 10.1. The lowest BCUT2D eigenvalue weighted by Gasteiger charge is -2.42. The van der Waals surface area contributed by atoms with Gasteiger partial charge >= 0.3 is 18.0 Å². The monoisotopic (exact) mass is 518 g/mol. The number of benzene rings is 2. The molecule has 2 fully saturated rings. The molecule has 2 heterocycles. The van der Waals surface area contributed by atoms with Crippen LogP contribution in [0, 0.1) is 6.92 Å². The summed E-state index contributed by atoms with van der Waals surface area (Å²) in [6, 6.07) is 18.9. The molecule has 2 aromatic carbocycles. The fraction of sp³-hybridized carbons (Fsp3) is 0.321. The molecular formula is C28H30N4O4S. The van der Waals surface area contributed by atoms with Gasteiger partial charge < -0.3 is 19.8 Å². The van der Waals surface area contributed by atoms with Crippen LogP contribution in [0.2, 0.25) is 0 Å². The van der Waals surface area contributed by atoms with Crippen molar-refractivity contribution in [2.24, 2.45) is 0 Å². The van der Waals surface area contributed by atoms with Crippen molar-refractivity contribution in [3.63, 3.8) is 0 Å². The zero-order valence-electron chi connectivity index (χ0n) is 20.7. The van der Waals surface area contributed by atoms with Crippen molar-refractivity contribution in [2.45, 2.75) is 38.4 Å². The van der Waals surface area contributed by atoms with Crippen molar-refractivity contribution >= 4 is 40.7 Å². The van der Waals surface area contributed by atoms with Crippen LogP contribution in [-0.2, 0) is 11.3 Å². The molecule has 1 N–H and O–H groups in total. The first-order chi connectivity index (χ1) is 17.9. The molecule has 1 saturated carbocycles. The first-order valence-corrected chi connectivity index (χ1v) is 13.3. The highest BCUT2D eigenvalue weighted by Crippen LogP contribution is 2.32. The topological polar surface area (TPSA) is 84.4 Å². The Hall–Kier alpha value is -3.85. The summed E-state index contributed by atoms with van der Waals surface area (Å²) in [6.07, 6.45) is 1.91. The van der Waals surface area contributed by atoms with Crippen LogP contribution in [0.1, 0.15) is 23.3 Å². The number of amides is 4. The second-order valence-corrected chi connectivity index (χ2v) is 10.6. The highest BCUT2D eigenvalue weighted by Gasteiger charge is 2.42. The van der Waals surface area contributed by atoms with Crippen LogP contribution in [0.25, 0.3) is 0 Å². The number of para-hydroxylation sites is 2. The molecule has 0 bridgehead atoms. The Labute approximate surface area is 220 Å². The molecule has 1 aromatic heterocycles. The summed E-state index contributed by atoms with van der Waals surface area (Å²) < 4.78 is 0. The Kier molecular flexibility index (Phi) is 7.14. The number of carbonyl (C=O) groups excluding carboxylic acids is 2. The van der Waals surface area contributed by atoms with Gasteiger partial charge in [-0.15, -0.1) is 11.3 Å². The Morgan fingerprint density at radius 2 is 1.57 bits per heavy atom. The van der Waals surface area contributed by atoms with E-state index in [-0.39, 0.29) is 31.7 Å². The van der Waals surface area contributed by atoms with E-state index in [1.54, 1.807) is 16.2 Å². The summed E-state index contributed by atoms with van der Waals surface area (Å²) in [5.74, 6) is -1.13. The number of carboxylic acids is 1. The van der Waals surface area contributed by atoms with E-state index in [9.17, 15) is 19.5 Å². The van der Waals surface area contributed by atoms with E-state index in [0.29, 0.717) is 17.9 Å². The minimum atomic E-state index is -1.15. The smallest absolute Gasteiger partial charge is 0.329 e. The number of carbonyl (C=O) groups is 3. The lowest BCUT2D eigenvalue weighted by Crippen LogP contribution is -2.62. The van der Waals surface area contributed by atoms with Crippen molar-refractivity contribution in [1.82, 2.24) is 14.7 Å². The first kappa shape index (κ1) is 24.8. The van der Waals surface area contributed by atoms with Crippen LogP contribution >= 0.6 is 11.3 Å². The number of urea groups is 2. The molecule has 4 amide bonds. The molecule has 0 radical (unpaired) electrons. The third kappa shape index (κ3) is 5.46. The Balaban J connectivity index is 1.36. The van der Waals surface area contributed by atoms with E-state index in [1.165, 1.54) is 14.7 Å². The quantitative estimate of drug-likeness (QED) is 0.488. The van der Waals surface area contributed by atoms with Crippen molar-refractivity contribution < 1.29 is 19.5 Å². The van der Waals surface area contributed by atoms with Crippen LogP contribution in [0.15, 0.2) is 72.1 Å². The molecule has 37 heavy (non-hydrogen) atoms. The molecule has 2 aliphatic rings. The number of rotatable bonds is 6. The fourth-order valence-electron chi connectivity index (χ4n) is 4.75. The van der Waals surface area contributed by atoms with Gasteiger partial charge in [0.1, 0.15) is 6.04 Å². The number of thiophene rings is 1. The molecule has 0 spiro atoms. The zero-order chi connectivity index (χ0) is 25.9. The average Bonchev–Trinajstić information content (AvgIpc) is 3.68. The van der Waals surface area contributed by atoms with Gasteiger partial charge in [0, 0.05) is 30.6 Å². The van der Waals surface area contributed by atoms with Gasteiger partial charge in [0.2, 0.25) is 0 Å². The molecule has 192 valence electrons. The van der Waals surface area contributed by atoms with Crippen LogP contribution in [0.3, 0.4) is 0 Å². The number of hydrogen-bond acceptors (Lipinski definition) is 4. The Morgan fingerprint density at radius 3 is 2.08 bits per heavy atom. The van der Waals surface area contributed by atoms with E-state index in [2.05, 4.69) is 11.4 Å². The number of aliphatic carboxylic acids is 1. The molecule has 0 unspecified atom stereocenters. The summed E-state index contributed by atoms with van der Waals surface area (Å²) in [4.78, 5) is 47.3. The van der Waals surface area contributed by atoms with Gasteiger partial charge in [-0.05, 0) is 61.0 Å². The van der Waals surface area contributed by atoms with Gasteiger partial charge in [-0.3, -0.25) is 4.90 Å². The maximum Gasteiger partial charge on any atom is 0.329 e. The predicted octanol–water partition coefficient (Wildman–Crippen LogP) is 5.17. The first-order valence-electron chi connectivity index (χ1n) is 12.5. The minimum Gasteiger partial charge on any atom is -0.480 e. The largest absolute Gasteiger partial charge is 0.480 e. The van der Waals surface area contributed by atoms with Gasteiger partial charge in [-0.1, -0.05) is 36.4 Å². The van der Waals surface area contributed by atoms with Gasteiger partial charge in [0.25, 0.3) is 0 Å². The molecule has 8 nitrogen and oxygen atoms in total. The second-order valence-electron chi connectivity index (χ2n) is 9.49. The molecule has 9 heteroatoms. The zero-order valence-corrected chi connectivity index (χ0v) is 21.5. The van der Waals surface area contributed by atoms with Crippen molar-refractivity contribution in [3.8, 4) is 0 Å². The number of carboxylic acid groups (broad SMARTS) is 1. The third-order valence-electron chi connectivity index (χ3n) is 6.77. The average molecular weight is 519 g/mol. The number of anilines is 2. The van der Waals surface area contributed by atoms with E-state index in [1.807, 2.05) is 72.5 Å². The van der Waals surface area contributed by atoms with Gasteiger partial charge in [0.05, 0.1) is 17.9 Å². The van der Waals surface area contributed by atoms with Crippen molar-refractivity contribution in [3.05, 3.63) is 82.6 Å². The molecule has 1 aliphatic heterocycles. The van der Waals surface area contributed by atoms with Crippen molar-refractivity contribution in [1.29, 1.82) is 0 Å². The SMILES string of the molecule is Cc1cc(CN(C(=O)N2CCN(C(=O)N(c3ccccc3)c3ccccc3)[C@H](C(=O)O)C2)C2CC2)cs1. The van der Waals surface area contributed by atoms with Gasteiger partial charge in [-0.2, -0.15) is 0 Å². The number of aryl methyl sites for hydroxylation is 1. The third-order valence-corrected chi connectivity index (χ3v) is 7.68. The summed E-state index contributed by atoms with van der Waals surface area (Å²) >= 11 is 1.65.